The van der Waals surface area contributed by atoms with Gasteiger partial charge in [-0.3, -0.25) is 19.3 Å². The summed E-state index contributed by atoms with van der Waals surface area (Å²) >= 11 is 0. The van der Waals surface area contributed by atoms with Crippen LogP contribution in [-0.4, -0.2) is 43.9 Å². The van der Waals surface area contributed by atoms with Gasteiger partial charge in [0.1, 0.15) is 11.6 Å². The van der Waals surface area contributed by atoms with Crippen molar-refractivity contribution in [1.82, 2.24) is 19.7 Å². The van der Waals surface area contributed by atoms with Crippen molar-refractivity contribution in [2.24, 2.45) is 11.8 Å². The van der Waals surface area contributed by atoms with Crippen LogP contribution < -0.4 is 5.32 Å². The summed E-state index contributed by atoms with van der Waals surface area (Å²) in [5, 5.41) is 11.2. The normalized spacial score (nSPS) is 22.6. The highest BCUT2D eigenvalue weighted by molar-refractivity contribution is 6.05. The summed E-state index contributed by atoms with van der Waals surface area (Å²) in [5.41, 5.74) is 0.734. The number of nitrogens with zero attached hydrogens (tertiary/aromatic N) is 4. The average Bonchev–Trinajstić information content (AvgIpc) is 3.21. The topological polar surface area (TPSA) is 97.2 Å². The molecule has 1 saturated carbocycles. The molecule has 5 rings (SSSR count). The Hall–Kier alpha value is -3.10. The number of hydrogen-bond acceptors (Lipinski definition) is 5. The van der Waals surface area contributed by atoms with Crippen LogP contribution in [0.1, 0.15) is 57.2 Å². The molecule has 3 aliphatic rings. The predicted molar refractivity (Wildman–Crippen MR) is 118 cm³/mol. The predicted octanol–water partition coefficient (Wildman–Crippen LogP) is 3.31. The fourth-order valence-electron chi connectivity index (χ4n) is 5.35. The number of carbonyl (C=O) groups is 3. The summed E-state index contributed by atoms with van der Waals surface area (Å²) in [6.45, 7) is 0.815. The first-order valence-corrected chi connectivity index (χ1v) is 11.9. The van der Waals surface area contributed by atoms with Crippen LogP contribution in [0, 0.1) is 17.7 Å². The number of aryl methyl sites for hydroxylation is 1. The van der Waals surface area contributed by atoms with Crippen molar-refractivity contribution >= 4 is 23.4 Å². The Morgan fingerprint density at radius 3 is 2.55 bits per heavy atom. The number of aromatic nitrogens is 3. The molecule has 1 aromatic heterocycles. The van der Waals surface area contributed by atoms with Crippen molar-refractivity contribution in [1.29, 1.82) is 0 Å². The summed E-state index contributed by atoms with van der Waals surface area (Å²) in [6, 6.07) is 4.37. The fourth-order valence-corrected chi connectivity index (χ4v) is 5.35. The zero-order valence-corrected chi connectivity index (χ0v) is 18.6. The zero-order valence-electron chi connectivity index (χ0n) is 18.6. The van der Waals surface area contributed by atoms with Gasteiger partial charge >= 0.3 is 0 Å². The molecule has 174 valence electrons. The molecule has 3 amide bonds. The van der Waals surface area contributed by atoms with Gasteiger partial charge < -0.3 is 9.88 Å². The van der Waals surface area contributed by atoms with Crippen LogP contribution in [0.25, 0.3) is 11.4 Å². The first-order valence-electron chi connectivity index (χ1n) is 11.9. The lowest BCUT2D eigenvalue weighted by atomic mass is 9.81. The highest BCUT2D eigenvalue weighted by Crippen LogP contribution is 2.38. The molecule has 8 nitrogen and oxygen atoms in total. The third-order valence-electron chi connectivity index (χ3n) is 7.10. The summed E-state index contributed by atoms with van der Waals surface area (Å²) in [4.78, 5) is 39.0. The van der Waals surface area contributed by atoms with E-state index in [1.807, 2.05) is 4.57 Å². The molecule has 0 bridgehead atoms. The first-order chi connectivity index (χ1) is 16.0. The van der Waals surface area contributed by atoms with Crippen molar-refractivity contribution < 1.29 is 18.8 Å². The van der Waals surface area contributed by atoms with Crippen LogP contribution in [0.3, 0.4) is 0 Å². The Bertz CT molecular complexity index is 1070. The van der Waals surface area contributed by atoms with Gasteiger partial charge in [-0.1, -0.05) is 19.3 Å². The van der Waals surface area contributed by atoms with E-state index in [-0.39, 0.29) is 42.5 Å². The second-order valence-electron chi connectivity index (χ2n) is 9.22. The zero-order chi connectivity index (χ0) is 22.9. The highest BCUT2D eigenvalue weighted by atomic mass is 19.1. The lowest BCUT2D eigenvalue weighted by Gasteiger charge is -2.19. The quantitative estimate of drug-likeness (QED) is 0.701. The Kier molecular flexibility index (Phi) is 5.95. The van der Waals surface area contributed by atoms with Gasteiger partial charge in [0.25, 0.3) is 0 Å². The number of carbonyl (C=O) groups excluding carboxylic acids is 3. The Morgan fingerprint density at radius 2 is 1.79 bits per heavy atom. The molecule has 9 heteroatoms. The molecular formula is C24H28FN5O3. The third kappa shape index (κ3) is 4.16. The molecular weight excluding hydrogens is 425 g/mol. The Balaban J connectivity index is 1.26. The van der Waals surface area contributed by atoms with Crippen LogP contribution in [0.2, 0.25) is 0 Å². The number of fused-ring (bicyclic) bond motifs is 2. The van der Waals surface area contributed by atoms with Crippen molar-refractivity contribution in [3.63, 3.8) is 0 Å². The van der Waals surface area contributed by atoms with Gasteiger partial charge in [-0.15, -0.1) is 10.2 Å². The summed E-state index contributed by atoms with van der Waals surface area (Å²) in [5.74, 6) is -0.151. The van der Waals surface area contributed by atoms with Crippen molar-refractivity contribution in [3.05, 3.63) is 29.8 Å². The SMILES string of the molecule is O=C(CCN1C(=O)C2CCCCC2C1=O)Nc1ccc(F)c(-c2nnc3n2CCCCC3)c1. The minimum Gasteiger partial charge on any atom is -0.326 e. The maximum atomic E-state index is 14.7. The Labute approximate surface area is 191 Å². The van der Waals surface area contributed by atoms with E-state index in [1.54, 1.807) is 6.07 Å². The molecule has 1 N–H and O–H groups in total. The molecule has 1 saturated heterocycles. The minimum absolute atomic E-state index is 0.00393. The fraction of sp³-hybridized carbons (Fsp3) is 0.542. The van der Waals surface area contributed by atoms with E-state index < -0.39 is 5.82 Å². The standard InChI is InChI=1S/C24H28FN5O3/c25-19-10-9-15(14-18(19)22-28-27-20-8-2-1-5-12-29(20)22)26-21(31)11-13-30-23(32)16-6-3-4-7-17(16)24(30)33/h9-10,14,16-17H,1-8,11-13H2,(H,26,31). The summed E-state index contributed by atoms with van der Waals surface area (Å²) < 4.78 is 16.6. The van der Waals surface area contributed by atoms with Crippen molar-refractivity contribution in [3.8, 4) is 11.4 Å². The molecule has 1 aromatic carbocycles. The maximum absolute atomic E-state index is 14.7. The number of anilines is 1. The van der Waals surface area contributed by atoms with Gasteiger partial charge in [0.15, 0.2) is 5.82 Å². The van der Waals surface area contributed by atoms with E-state index >= 15 is 0 Å². The van der Waals surface area contributed by atoms with E-state index in [0.717, 1.165) is 63.7 Å². The smallest absolute Gasteiger partial charge is 0.233 e. The van der Waals surface area contributed by atoms with E-state index in [9.17, 15) is 18.8 Å². The van der Waals surface area contributed by atoms with Gasteiger partial charge in [-0.2, -0.15) is 0 Å². The van der Waals surface area contributed by atoms with E-state index in [1.165, 1.54) is 17.0 Å². The van der Waals surface area contributed by atoms with Crippen LogP contribution in [-0.2, 0) is 27.3 Å². The lowest BCUT2D eigenvalue weighted by Crippen LogP contribution is -2.34. The van der Waals surface area contributed by atoms with Crippen LogP contribution in [0.5, 0.6) is 0 Å². The molecule has 2 unspecified atom stereocenters. The average molecular weight is 454 g/mol. The lowest BCUT2D eigenvalue weighted by molar-refractivity contribution is -0.140. The molecule has 2 aliphatic heterocycles. The third-order valence-corrected chi connectivity index (χ3v) is 7.10. The van der Waals surface area contributed by atoms with Crippen molar-refractivity contribution in [2.75, 3.05) is 11.9 Å². The van der Waals surface area contributed by atoms with Gasteiger partial charge in [-0.05, 0) is 43.9 Å². The molecule has 1 aliphatic carbocycles. The highest BCUT2D eigenvalue weighted by Gasteiger charge is 2.47. The molecule has 2 aromatic rings. The molecule has 3 heterocycles. The van der Waals surface area contributed by atoms with Crippen molar-refractivity contribution in [2.45, 2.75) is 64.3 Å². The number of imide groups is 1. The number of nitrogens with one attached hydrogen (secondary N) is 1. The van der Waals surface area contributed by atoms with Gasteiger partial charge in [0.2, 0.25) is 17.7 Å². The van der Waals surface area contributed by atoms with Crippen LogP contribution in [0.15, 0.2) is 18.2 Å². The van der Waals surface area contributed by atoms with E-state index in [4.69, 9.17) is 0 Å². The number of benzene rings is 1. The summed E-state index contributed by atoms with van der Waals surface area (Å²) in [6.07, 6.45) is 7.40. The number of halogens is 1. The van der Waals surface area contributed by atoms with E-state index in [2.05, 4.69) is 15.5 Å². The molecule has 2 fully saturated rings. The van der Waals surface area contributed by atoms with Gasteiger partial charge in [0.05, 0.1) is 17.4 Å². The monoisotopic (exact) mass is 453 g/mol. The van der Waals surface area contributed by atoms with Gasteiger partial charge in [0, 0.05) is 31.6 Å². The second-order valence-corrected chi connectivity index (χ2v) is 9.22. The molecule has 0 spiro atoms. The number of hydrogen-bond donors (Lipinski definition) is 1. The Morgan fingerprint density at radius 1 is 1.03 bits per heavy atom. The molecule has 2 atom stereocenters. The molecule has 33 heavy (non-hydrogen) atoms. The van der Waals surface area contributed by atoms with Crippen LogP contribution >= 0.6 is 0 Å². The number of rotatable bonds is 5. The first kappa shape index (κ1) is 21.7. The second kappa shape index (κ2) is 9.03. The largest absolute Gasteiger partial charge is 0.326 e. The number of amides is 3. The van der Waals surface area contributed by atoms with Gasteiger partial charge in [-0.25, -0.2) is 4.39 Å². The number of likely N-dealkylation sites (tertiary alicyclic amines) is 1. The maximum Gasteiger partial charge on any atom is 0.233 e. The van der Waals surface area contributed by atoms with E-state index in [0.29, 0.717) is 17.1 Å². The minimum atomic E-state index is -0.427. The van der Waals surface area contributed by atoms with Crippen LogP contribution in [0.4, 0.5) is 10.1 Å². The molecule has 0 radical (unpaired) electrons. The summed E-state index contributed by atoms with van der Waals surface area (Å²) in [7, 11) is 0.